The Morgan fingerprint density at radius 2 is 1.93 bits per heavy atom. The Morgan fingerprint density at radius 1 is 1.21 bits per heavy atom. The number of nitrogens with one attached hydrogen (secondary N) is 2. The zero-order valence-electron chi connectivity index (χ0n) is 18.5. The van der Waals surface area contributed by atoms with Crippen LogP contribution < -0.4 is 10.6 Å². The SMILES string of the molecule is CCN=C(NC1C2CCOC2C12CCCC2)N1CCN(CC(=O)NC(C)C)CC1. The van der Waals surface area contributed by atoms with Crippen LogP contribution in [0.1, 0.15) is 52.9 Å². The molecule has 2 saturated carbocycles. The fourth-order valence-corrected chi connectivity index (χ4v) is 6.12. The summed E-state index contributed by atoms with van der Waals surface area (Å²) in [6.45, 7) is 12.0. The summed E-state index contributed by atoms with van der Waals surface area (Å²) in [5, 5.41) is 6.90. The molecule has 0 aromatic carbocycles. The number of hydrogen-bond acceptors (Lipinski definition) is 4. The second-order valence-corrected chi connectivity index (χ2v) is 9.59. The van der Waals surface area contributed by atoms with Gasteiger partial charge < -0.3 is 20.3 Å². The highest BCUT2D eigenvalue weighted by atomic mass is 16.5. The molecule has 0 aromatic heterocycles. The van der Waals surface area contributed by atoms with Crippen molar-refractivity contribution in [2.45, 2.75) is 71.1 Å². The zero-order chi connectivity index (χ0) is 20.4. The van der Waals surface area contributed by atoms with Gasteiger partial charge in [-0.3, -0.25) is 14.7 Å². The quantitative estimate of drug-likeness (QED) is 0.535. The summed E-state index contributed by atoms with van der Waals surface area (Å²) in [7, 11) is 0. The number of piperazine rings is 1. The Bertz CT molecular complexity index is 608. The number of nitrogens with zero attached hydrogens (tertiary/aromatic N) is 3. The third kappa shape index (κ3) is 4.13. The number of carbonyl (C=O) groups excluding carboxylic acids is 1. The van der Waals surface area contributed by atoms with Crippen LogP contribution in [0.5, 0.6) is 0 Å². The molecule has 0 radical (unpaired) electrons. The van der Waals surface area contributed by atoms with Crippen LogP contribution in [0.25, 0.3) is 0 Å². The highest BCUT2D eigenvalue weighted by Gasteiger charge is 2.65. The van der Waals surface area contributed by atoms with Crippen molar-refractivity contribution < 1.29 is 9.53 Å². The molecule has 4 rings (SSSR count). The summed E-state index contributed by atoms with van der Waals surface area (Å²) in [5.41, 5.74) is 0.340. The van der Waals surface area contributed by atoms with E-state index < -0.39 is 0 Å². The van der Waals surface area contributed by atoms with E-state index in [-0.39, 0.29) is 11.9 Å². The maximum Gasteiger partial charge on any atom is 0.234 e. The summed E-state index contributed by atoms with van der Waals surface area (Å²) in [6, 6.07) is 0.711. The predicted octanol–water partition coefficient (Wildman–Crippen LogP) is 1.44. The highest BCUT2D eigenvalue weighted by molar-refractivity contribution is 5.81. The average Bonchev–Trinajstić information content (AvgIpc) is 3.34. The molecule has 2 N–H and O–H groups in total. The van der Waals surface area contributed by atoms with Gasteiger partial charge in [-0.15, -0.1) is 0 Å². The van der Waals surface area contributed by atoms with Crippen molar-refractivity contribution in [2.24, 2.45) is 16.3 Å². The van der Waals surface area contributed by atoms with Gasteiger partial charge >= 0.3 is 0 Å². The third-order valence-corrected chi connectivity index (χ3v) is 7.37. The number of aliphatic imine (C=N–C) groups is 1. The first kappa shape index (κ1) is 20.9. The molecule has 2 heterocycles. The normalized spacial score (nSPS) is 31.8. The van der Waals surface area contributed by atoms with Crippen molar-refractivity contribution in [3.05, 3.63) is 0 Å². The molecular formula is C22H39N5O2. The molecule has 164 valence electrons. The van der Waals surface area contributed by atoms with Gasteiger partial charge in [0.1, 0.15) is 0 Å². The maximum atomic E-state index is 12.1. The van der Waals surface area contributed by atoms with Gasteiger partial charge in [-0.25, -0.2) is 0 Å². The lowest BCUT2D eigenvalue weighted by molar-refractivity contribution is -0.125. The number of amides is 1. The molecule has 29 heavy (non-hydrogen) atoms. The summed E-state index contributed by atoms with van der Waals surface area (Å²) < 4.78 is 6.15. The maximum absolute atomic E-state index is 12.1. The van der Waals surface area contributed by atoms with E-state index in [1.807, 2.05) is 13.8 Å². The van der Waals surface area contributed by atoms with Gasteiger partial charge in [-0.1, -0.05) is 12.8 Å². The molecule has 1 amide bonds. The van der Waals surface area contributed by atoms with E-state index in [9.17, 15) is 4.79 Å². The van der Waals surface area contributed by atoms with Crippen molar-refractivity contribution >= 4 is 11.9 Å². The van der Waals surface area contributed by atoms with Crippen molar-refractivity contribution in [1.82, 2.24) is 20.4 Å². The zero-order valence-corrected chi connectivity index (χ0v) is 18.5. The Labute approximate surface area is 175 Å². The molecule has 3 atom stereocenters. The first-order valence-electron chi connectivity index (χ1n) is 11.7. The van der Waals surface area contributed by atoms with Gasteiger partial charge in [0.25, 0.3) is 0 Å². The molecule has 7 heteroatoms. The van der Waals surface area contributed by atoms with Crippen LogP contribution >= 0.6 is 0 Å². The van der Waals surface area contributed by atoms with Crippen molar-refractivity contribution in [2.75, 3.05) is 45.9 Å². The number of carbonyl (C=O) groups is 1. The number of fused-ring (bicyclic) bond motifs is 2. The van der Waals surface area contributed by atoms with Crippen LogP contribution in [0.2, 0.25) is 0 Å². The van der Waals surface area contributed by atoms with E-state index in [1.54, 1.807) is 0 Å². The topological polar surface area (TPSA) is 69.2 Å². The Morgan fingerprint density at radius 3 is 2.59 bits per heavy atom. The smallest absolute Gasteiger partial charge is 0.234 e. The van der Waals surface area contributed by atoms with Crippen LogP contribution in [-0.4, -0.2) is 85.7 Å². The van der Waals surface area contributed by atoms with Crippen molar-refractivity contribution in [3.63, 3.8) is 0 Å². The minimum atomic E-state index is 0.124. The van der Waals surface area contributed by atoms with Crippen molar-refractivity contribution in [1.29, 1.82) is 0 Å². The number of hydrogen-bond donors (Lipinski definition) is 2. The Hall–Kier alpha value is -1.34. The second kappa shape index (κ2) is 8.80. The lowest BCUT2D eigenvalue weighted by atomic mass is 9.54. The van der Waals surface area contributed by atoms with Gasteiger partial charge in [0.2, 0.25) is 5.91 Å². The van der Waals surface area contributed by atoms with Crippen LogP contribution in [0, 0.1) is 11.3 Å². The lowest BCUT2D eigenvalue weighted by Crippen LogP contribution is -2.70. The molecule has 2 aliphatic carbocycles. The van der Waals surface area contributed by atoms with Gasteiger partial charge in [0.15, 0.2) is 5.96 Å². The minimum absolute atomic E-state index is 0.124. The van der Waals surface area contributed by atoms with E-state index >= 15 is 0 Å². The molecule has 0 bridgehead atoms. The predicted molar refractivity (Wildman–Crippen MR) is 115 cm³/mol. The van der Waals surface area contributed by atoms with Gasteiger partial charge in [0, 0.05) is 62.7 Å². The lowest BCUT2D eigenvalue weighted by Gasteiger charge is -2.57. The van der Waals surface area contributed by atoms with Crippen LogP contribution in [-0.2, 0) is 9.53 Å². The standard InChI is InChI=1S/C22H39N5O2/c1-4-23-21(27-12-10-26(11-13-27)15-18(28)24-16(2)3)25-19-17-7-14-29-20(17)22(19)8-5-6-9-22/h16-17,19-20H,4-15H2,1-3H3,(H,23,25)(H,24,28). The van der Waals surface area contributed by atoms with Crippen LogP contribution in [0.15, 0.2) is 4.99 Å². The third-order valence-electron chi connectivity index (χ3n) is 7.37. The van der Waals surface area contributed by atoms with Gasteiger partial charge in [-0.05, 0) is 40.0 Å². The molecule has 1 spiro atoms. The summed E-state index contributed by atoms with van der Waals surface area (Å²) in [4.78, 5) is 21.6. The monoisotopic (exact) mass is 405 g/mol. The van der Waals surface area contributed by atoms with Gasteiger partial charge in [0.05, 0.1) is 12.6 Å². The first-order chi connectivity index (χ1) is 14.0. The Kier molecular flexibility index (Phi) is 6.35. The van der Waals surface area contributed by atoms with Gasteiger partial charge in [-0.2, -0.15) is 0 Å². The molecule has 2 aliphatic heterocycles. The van der Waals surface area contributed by atoms with E-state index in [1.165, 1.54) is 32.1 Å². The summed E-state index contributed by atoms with van der Waals surface area (Å²) in [5.74, 6) is 1.84. The number of guanidine groups is 1. The fourth-order valence-electron chi connectivity index (χ4n) is 6.12. The van der Waals surface area contributed by atoms with E-state index in [4.69, 9.17) is 9.73 Å². The van der Waals surface area contributed by atoms with Crippen LogP contribution in [0.4, 0.5) is 0 Å². The van der Waals surface area contributed by atoms with E-state index in [2.05, 4.69) is 27.4 Å². The highest BCUT2D eigenvalue weighted by Crippen LogP contribution is 2.60. The van der Waals surface area contributed by atoms with Crippen molar-refractivity contribution in [3.8, 4) is 0 Å². The largest absolute Gasteiger partial charge is 0.377 e. The summed E-state index contributed by atoms with van der Waals surface area (Å²) in [6.07, 6.45) is 6.92. The molecule has 4 fully saturated rings. The second-order valence-electron chi connectivity index (χ2n) is 9.59. The molecule has 4 aliphatic rings. The van der Waals surface area contributed by atoms with E-state index in [0.717, 1.165) is 45.3 Å². The van der Waals surface area contributed by atoms with E-state index in [0.29, 0.717) is 30.0 Å². The molecule has 3 unspecified atom stereocenters. The molecule has 2 saturated heterocycles. The fraction of sp³-hybridized carbons (Fsp3) is 0.909. The first-order valence-corrected chi connectivity index (χ1v) is 11.7. The molecule has 7 nitrogen and oxygen atoms in total. The summed E-state index contributed by atoms with van der Waals surface area (Å²) >= 11 is 0. The Balaban J connectivity index is 1.34. The number of ether oxygens (including phenoxy) is 1. The molecular weight excluding hydrogens is 366 g/mol. The van der Waals surface area contributed by atoms with Crippen LogP contribution in [0.3, 0.4) is 0 Å². The minimum Gasteiger partial charge on any atom is -0.377 e. The molecule has 0 aromatic rings. The number of rotatable bonds is 5. The average molecular weight is 406 g/mol.